The van der Waals surface area contributed by atoms with Crippen LogP contribution >= 0.6 is 0 Å². The first kappa shape index (κ1) is 20.0. The quantitative estimate of drug-likeness (QED) is 0.677. The van der Waals surface area contributed by atoms with Crippen molar-refractivity contribution >= 4 is 22.5 Å². The average Bonchev–Trinajstić information content (AvgIpc) is 3.32. The van der Waals surface area contributed by atoms with Gasteiger partial charge in [-0.15, -0.1) is 0 Å². The second-order valence-electron chi connectivity index (χ2n) is 7.17. The molecule has 1 aliphatic rings. The molecule has 0 saturated carbocycles. The summed E-state index contributed by atoms with van der Waals surface area (Å²) >= 11 is 0. The normalized spacial score (nSPS) is 15.9. The van der Waals surface area contributed by atoms with Crippen molar-refractivity contribution in [3.05, 3.63) is 64.4 Å². The van der Waals surface area contributed by atoms with Crippen LogP contribution in [0.15, 0.2) is 53.3 Å². The molecular weight excluding hydrogens is 384 g/mol. The highest BCUT2D eigenvalue weighted by Gasteiger charge is 2.31. The maximum Gasteiger partial charge on any atom is 0.256 e. The van der Waals surface area contributed by atoms with Crippen molar-refractivity contribution in [2.24, 2.45) is 0 Å². The Bertz CT molecular complexity index is 1120. The second kappa shape index (κ2) is 8.59. The Morgan fingerprint density at radius 3 is 2.73 bits per heavy atom. The highest BCUT2D eigenvalue weighted by molar-refractivity contribution is 5.98. The summed E-state index contributed by atoms with van der Waals surface area (Å²) in [5.41, 5.74) is 1.53. The molecule has 0 spiro atoms. The van der Waals surface area contributed by atoms with Gasteiger partial charge in [0.15, 0.2) is 0 Å². The first-order valence-electron chi connectivity index (χ1n) is 9.86. The molecule has 2 aromatic carbocycles. The number of aromatic amines is 1. The fourth-order valence-electron chi connectivity index (χ4n) is 3.73. The number of hydrogen-bond donors (Lipinski definition) is 1. The number of H-pyrrole nitrogens is 1. The molecule has 1 aromatic heterocycles. The molecule has 7 nitrogen and oxygen atoms in total. The second-order valence-corrected chi connectivity index (χ2v) is 7.17. The summed E-state index contributed by atoms with van der Waals surface area (Å²) in [7, 11) is 3.15. The summed E-state index contributed by atoms with van der Waals surface area (Å²) in [5.74, 6) is 1.07. The third kappa shape index (κ3) is 3.89. The van der Waals surface area contributed by atoms with Gasteiger partial charge in [-0.1, -0.05) is 12.1 Å². The molecule has 3 aromatic rings. The number of aromatic nitrogens is 1. The van der Waals surface area contributed by atoms with E-state index in [-0.39, 0.29) is 18.0 Å². The number of nitrogens with zero attached hydrogens (tertiary/aromatic N) is 1. The number of amides is 1. The number of carbonyl (C=O) groups is 1. The van der Waals surface area contributed by atoms with E-state index in [0.717, 1.165) is 11.8 Å². The SMILES string of the molecule is COc1ccc2[nH]c(=O)c(CN(C(=O)C3CCCO3)c3ccccc3OC)cc2c1. The number of fused-ring (bicyclic) bond motifs is 1. The summed E-state index contributed by atoms with van der Waals surface area (Å²) in [6.07, 6.45) is 0.983. The minimum Gasteiger partial charge on any atom is -0.497 e. The van der Waals surface area contributed by atoms with Crippen LogP contribution in [0.5, 0.6) is 11.5 Å². The molecule has 7 heteroatoms. The van der Waals surface area contributed by atoms with Gasteiger partial charge >= 0.3 is 0 Å². The van der Waals surface area contributed by atoms with Crippen LogP contribution in [0, 0.1) is 0 Å². The predicted octanol–water partition coefficient (Wildman–Crippen LogP) is 3.26. The van der Waals surface area contributed by atoms with E-state index in [1.54, 1.807) is 43.4 Å². The Balaban J connectivity index is 1.77. The Morgan fingerprint density at radius 1 is 1.17 bits per heavy atom. The maximum atomic E-state index is 13.3. The van der Waals surface area contributed by atoms with E-state index in [1.807, 2.05) is 24.3 Å². The highest BCUT2D eigenvalue weighted by atomic mass is 16.5. The zero-order chi connectivity index (χ0) is 21.1. The van der Waals surface area contributed by atoms with Gasteiger partial charge in [0.05, 0.1) is 26.5 Å². The Morgan fingerprint density at radius 2 is 2.00 bits per heavy atom. The average molecular weight is 408 g/mol. The molecule has 0 aliphatic carbocycles. The lowest BCUT2D eigenvalue weighted by atomic mass is 10.1. The molecular formula is C23H24N2O5. The number of carbonyl (C=O) groups excluding carboxylic acids is 1. The number of nitrogens with one attached hydrogen (secondary N) is 1. The van der Waals surface area contributed by atoms with Crippen LogP contribution in [-0.2, 0) is 16.1 Å². The predicted molar refractivity (Wildman–Crippen MR) is 114 cm³/mol. The molecule has 0 radical (unpaired) electrons. The molecule has 30 heavy (non-hydrogen) atoms. The van der Waals surface area contributed by atoms with Crippen LogP contribution < -0.4 is 19.9 Å². The summed E-state index contributed by atoms with van der Waals surface area (Å²) in [6, 6.07) is 14.5. The van der Waals surface area contributed by atoms with Crippen molar-refractivity contribution in [3.8, 4) is 11.5 Å². The van der Waals surface area contributed by atoms with E-state index in [9.17, 15) is 9.59 Å². The largest absolute Gasteiger partial charge is 0.497 e. The van der Waals surface area contributed by atoms with Gasteiger partial charge < -0.3 is 24.1 Å². The fourth-order valence-corrected chi connectivity index (χ4v) is 3.73. The molecule has 1 N–H and O–H groups in total. The fraction of sp³-hybridized carbons (Fsp3) is 0.304. The number of para-hydroxylation sites is 2. The van der Waals surface area contributed by atoms with Gasteiger partial charge in [-0.05, 0) is 49.2 Å². The van der Waals surface area contributed by atoms with E-state index >= 15 is 0 Å². The van der Waals surface area contributed by atoms with Crippen LogP contribution in [0.3, 0.4) is 0 Å². The van der Waals surface area contributed by atoms with E-state index in [2.05, 4.69) is 4.98 Å². The smallest absolute Gasteiger partial charge is 0.256 e. The minimum absolute atomic E-state index is 0.0988. The zero-order valence-corrected chi connectivity index (χ0v) is 17.0. The molecule has 156 valence electrons. The van der Waals surface area contributed by atoms with Crippen LogP contribution in [-0.4, -0.2) is 37.8 Å². The topological polar surface area (TPSA) is 80.9 Å². The number of pyridine rings is 1. The van der Waals surface area contributed by atoms with Crippen LogP contribution in [0.2, 0.25) is 0 Å². The van der Waals surface area contributed by atoms with Gasteiger partial charge in [-0.3, -0.25) is 9.59 Å². The number of hydrogen-bond acceptors (Lipinski definition) is 5. The number of rotatable bonds is 6. The van der Waals surface area contributed by atoms with Crippen molar-refractivity contribution < 1.29 is 19.0 Å². The number of methoxy groups -OCH3 is 2. The summed E-state index contributed by atoms with van der Waals surface area (Å²) in [5, 5.41) is 0.827. The molecule has 1 aliphatic heterocycles. The number of benzene rings is 2. The van der Waals surface area contributed by atoms with E-state index < -0.39 is 6.10 Å². The Hall–Kier alpha value is -3.32. The number of ether oxygens (including phenoxy) is 3. The summed E-state index contributed by atoms with van der Waals surface area (Å²) < 4.78 is 16.4. The molecule has 1 amide bonds. The molecule has 1 atom stereocenters. The van der Waals surface area contributed by atoms with Gasteiger partial charge in [0.2, 0.25) is 0 Å². The third-order valence-electron chi connectivity index (χ3n) is 5.30. The van der Waals surface area contributed by atoms with Crippen LogP contribution in [0.25, 0.3) is 10.9 Å². The monoisotopic (exact) mass is 408 g/mol. The lowest BCUT2D eigenvalue weighted by molar-refractivity contribution is -0.127. The van der Waals surface area contributed by atoms with Gasteiger partial charge in [-0.25, -0.2) is 0 Å². The molecule has 1 fully saturated rings. The maximum absolute atomic E-state index is 13.3. The summed E-state index contributed by atoms with van der Waals surface area (Å²) in [4.78, 5) is 30.5. The van der Waals surface area contributed by atoms with Gasteiger partial charge in [0, 0.05) is 23.1 Å². The standard InChI is InChI=1S/C23H24N2O5/c1-28-17-9-10-18-15(13-17)12-16(22(26)24-18)14-25(23(27)21-8-5-11-30-21)19-6-3-4-7-20(19)29-2/h3-4,6-7,9-10,12-13,21H,5,8,11,14H2,1-2H3,(H,24,26). The van der Waals surface area contributed by atoms with E-state index in [4.69, 9.17) is 14.2 Å². The minimum atomic E-state index is -0.519. The van der Waals surface area contributed by atoms with Gasteiger partial charge in [-0.2, -0.15) is 0 Å². The van der Waals surface area contributed by atoms with Gasteiger partial charge in [0.25, 0.3) is 11.5 Å². The third-order valence-corrected chi connectivity index (χ3v) is 5.30. The molecule has 1 saturated heterocycles. The number of anilines is 1. The van der Waals surface area contributed by atoms with E-state index in [0.29, 0.717) is 41.3 Å². The molecule has 1 unspecified atom stereocenters. The zero-order valence-electron chi connectivity index (χ0n) is 17.0. The highest BCUT2D eigenvalue weighted by Crippen LogP contribution is 2.31. The Labute approximate surface area is 174 Å². The van der Waals surface area contributed by atoms with E-state index in [1.165, 1.54) is 0 Å². The lowest BCUT2D eigenvalue weighted by Crippen LogP contribution is -2.40. The van der Waals surface area contributed by atoms with Crippen molar-refractivity contribution in [3.63, 3.8) is 0 Å². The lowest BCUT2D eigenvalue weighted by Gasteiger charge is -2.26. The molecule has 4 rings (SSSR count). The van der Waals surface area contributed by atoms with Crippen molar-refractivity contribution in [1.29, 1.82) is 0 Å². The van der Waals surface area contributed by atoms with Crippen LogP contribution in [0.1, 0.15) is 18.4 Å². The van der Waals surface area contributed by atoms with Crippen molar-refractivity contribution in [2.75, 3.05) is 25.7 Å². The Kier molecular flexibility index (Phi) is 5.72. The van der Waals surface area contributed by atoms with Crippen molar-refractivity contribution in [1.82, 2.24) is 4.98 Å². The van der Waals surface area contributed by atoms with Gasteiger partial charge in [0.1, 0.15) is 17.6 Å². The first-order chi connectivity index (χ1) is 14.6. The summed E-state index contributed by atoms with van der Waals surface area (Å²) in [6.45, 7) is 0.661. The molecule has 0 bridgehead atoms. The van der Waals surface area contributed by atoms with Crippen molar-refractivity contribution in [2.45, 2.75) is 25.5 Å². The molecule has 2 heterocycles. The van der Waals surface area contributed by atoms with Crippen LogP contribution in [0.4, 0.5) is 5.69 Å². The first-order valence-corrected chi connectivity index (χ1v) is 9.86.